The van der Waals surface area contributed by atoms with E-state index in [9.17, 15) is 9.59 Å². The molecule has 170 valence electrons. The van der Waals surface area contributed by atoms with Crippen LogP contribution in [0.3, 0.4) is 0 Å². The Labute approximate surface area is 195 Å². The summed E-state index contributed by atoms with van der Waals surface area (Å²) in [6.07, 6.45) is 1.64. The number of nitrogens with zero attached hydrogens (tertiary/aromatic N) is 3. The maximum atomic E-state index is 13.1. The van der Waals surface area contributed by atoms with Gasteiger partial charge in [-0.05, 0) is 32.9 Å². The molecule has 0 amide bonds. The molecule has 0 saturated carbocycles. The van der Waals surface area contributed by atoms with Gasteiger partial charge in [-0.25, -0.2) is 4.79 Å². The van der Waals surface area contributed by atoms with Crippen molar-refractivity contribution in [2.75, 3.05) is 19.2 Å². The Morgan fingerprint density at radius 2 is 1.94 bits per heavy atom. The fourth-order valence-corrected chi connectivity index (χ4v) is 3.80. The van der Waals surface area contributed by atoms with Crippen LogP contribution in [0.1, 0.15) is 35.6 Å². The van der Waals surface area contributed by atoms with E-state index in [2.05, 4.69) is 10.6 Å². The summed E-state index contributed by atoms with van der Waals surface area (Å²) in [5.74, 6) is -0.686. The molecule has 2 aromatic heterocycles. The van der Waals surface area contributed by atoms with Crippen molar-refractivity contribution in [2.24, 2.45) is 0 Å². The first-order chi connectivity index (χ1) is 15.3. The van der Waals surface area contributed by atoms with Crippen LogP contribution < -0.4 is 10.9 Å². The zero-order valence-corrected chi connectivity index (χ0v) is 19.8. The number of hydrogen-bond acceptors (Lipinski definition) is 6. The second-order valence-corrected chi connectivity index (χ2v) is 7.74. The van der Waals surface area contributed by atoms with Crippen LogP contribution in [0, 0.1) is 6.92 Å². The quantitative estimate of drug-likeness (QED) is 0.377. The molecule has 2 heterocycles. The number of anilines is 1. The number of pyridine rings is 1. The van der Waals surface area contributed by atoms with Crippen LogP contribution in [0.2, 0.25) is 10.0 Å². The van der Waals surface area contributed by atoms with Crippen LogP contribution in [0.4, 0.5) is 5.69 Å². The average molecular weight is 479 g/mol. The van der Waals surface area contributed by atoms with E-state index in [0.717, 1.165) is 5.69 Å². The summed E-state index contributed by atoms with van der Waals surface area (Å²) in [7, 11) is 1.52. The number of rotatable bonds is 8. The highest BCUT2D eigenvalue weighted by Gasteiger charge is 2.24. The van der Waals surface area contributed by atoms with Gasteiger partial charge in [-0.1, -0.05) is 29.3 Å². The summed E-state index contributed by atoms with van der Waals surface area (Å²) < 4.78 is 8.81. The minimum absolute atomic E-state index is 0.0465. The number of halogens is 2. The third kappa shape index (κ3) is 4.67. The van der Waals surface area contributed by atoms with Crippen LogP contribution in [-0.2, 0) is 22.7 Å². The largest absolute Gasteiger partial charge is 0.462 e. The maximum Gasteiger partial charge on any atom is 0.344 e. The van der Waals surface area contributed by atoms with Crippen molar-refractivity contribution in [1.82, 2.24) is 14.3 Å². The first-order valence-electron chi connectivity index (χ1n) is 10.0. The smallest absolute Gasteiger partial charge is 0.344 e. The van der Waals surface area contributed by atoms with E-state index in [-0.39, 0.29) is 12.2 Å². The van der Waals surface area contributed by atoms with Crippen LogP contribution >= 0.6 is 23.2 Å². The van der Waals surface area contributed by atoms with Crippen molar-refractivity contribution in [3.05, 3.63) is 67.7 Å². The first-order valence-corrected chi connectivity index (χ1v) is 10.8. The van der Waals surface area contributed by atoms with Gasteiger partial charge < -0.3 is 9.30 Å². The molecule has 0 radical (unpaired) electrons. The predicted octanol–water partition coefficient (Wildman–Crippen LogP) is 4.55. The zero-order chi connectivity index (χ0) is 23.4. The van der Waals surface area contributed by atoms with Gasteiger partial charge in [0, 0.05) is 23.9 Å². The van der Waals surface area contributed by atoms with E-state index in [4.69, 9.17) is 32.8 Å². The summed E-state index contributed by atoms with van der Waals surface area (Å²) in [5, 5.41) is 5.07. The third-order valence-electron chi connectivity index (χ3n) is 5.01. The molecule has 0 fully saturated rings. The predicted molar refractivity (Wildman–Crippen MR) is 124 cm³/mol. The fraction of sp³-hybridized carbons (Fsp3) is 0.318. The van der Waals surface area contributed by atoms with Crippen LogP contribution in [0.15, 0.2) is 35.3 Å². The number of carbonyl (C=O) groups excluding carboxylic acids is 1. The molecular weight excluding hydrogens is 455 g/mol. The lowest BCUT2D eigenvalue weighted by Gasteiger charge is -2.21. The maximum absolute atomic E-state index is 13.1. The molecule has 1 aromatic carbocycles. The van der Waals surface area contributed by atoms with Crippen LogP contribution in [0.5, 0.6) is 0 Å². The first kappa shape index (κ1) is 23.8. The molecule has 10 heteroatoms. The number of esters is 1. The van der Waals surface area contributed by atoms with Gasteiger partial charge in [0.15, 0.2) is 5.43 Å². The molecule has 0 aliphatic heterocycles. The minimum atomic E-state index is -0.686. The molecule has 0 spiro atoms. The highest BCUT2D eigenvalue weighted by molar-refractivity contribution is 6.42. The summed E-state index contributed by atoms with van der Waals surface area (Å²) in [6.45, 7) is 6.44. The van der Waals surface area contributed by atoms with Gasteiger partial charge in [0.05, 0.1) is 47.9 Å². The second-order valence-electron chi connectivity index (χ2n) is 6.92. The molecule has 0 unspecified atom stereocenters. The molecule has 0 bridgehead atoms. The van der Waals surface area contributed by atoms with E-state index in [0.29, 0.717) is 45.8 Å². The number of benzene rings is 1. The van der Waals surface area contributed by atoms with Crippen molar-refractivity contribution in [3.63, 3.8) is 0 Å². The van der Waals surface area contributed by atoms with E-state index >= 15 is 0 Å². The summed E-state index contributed by atoms with van der Waals surface area (Å²) in [4.78, 5) is 30.8. The third-order valence-corrected chi connectivity index (χ3v) is 5.75. The highest BCUT2D eigenvalue weighted by atomic mass is 35.5. The Hall–Kier alpha value is -2.81. The molecular formula is C22H24Cl2N4O4. The van der Waals surface area contributed by atoms with Gasteiger partial charge >= 0.3 is 5.97 Å². The molecule has 32 heavy (non-hydrogen) atoms. The minimum Gasteiger partial charge on any atom is -0.462 e. The number of carbonyl (C=O) groups is 1. The SMILES string of the molecule is CCOC(=O)c1c(-c2ccc(Cl)c(Cl)c2)n(CC)c(Cn2ncc(NOC)c2C)cc1=O. The van der Waals surface area contributed by atoms with E-state index < -0.39 is 11.4 Å². The molecule has 0 saturated heterocycles. The van der Waals surface area contributed by atoms with Gasteiger partial charge in [-0.3, -0.25) is 19.8 Å². The monoisotopic (exact) mass is 478 g/mol. The standard InChI is InChI=1S/C22H24Cl2N4O4/c1-5-27-15(12-28-13(3)18(11-25-28)26-31-4)10-19(29)20(22(30)32-6-2)21(27)14-7-8-16(23)17(24)9-14/h7-11,26H,5-6,12H2,1-4H3. The van der Waals surface area contributed by atoms with Crippen molar-refractivity contribution in [2.45, 2.75) is 33.9 Å². The zero-order valence-electron chi connectivity index (χ0n) is 18.2. The van der Waals surface area contributed by atoms with Gasteiger partial charge in [-0.15, -0.1) is 0 Å². The van der Waals surface area contributed by atoms with Crippen LogP contribution in [-0.4, -0.2) is 34.0 Å². The Morgan fingerprint density at radius 3 is 2.56 bits per heavy atom. The fourth-order valence-electron chi connectivity index (χ4n) is 3.50. The lowest BCUT2D eigenvalue weighted by molar-refractivity contribution is 0.0525. The molecule has 3 rings (SSSR count). The number of nitrogens with one attached hydrogen (secondary N) is 1. The van der Waals surface area contributed by atoms with Crippen molar-refractivity contribution in [1.29, 1.82) is 0 Å². The second kappa shape index (κ2) is 10.2. The van der Waals surface area contributed by atoms with E-state index in [1.54, 1.807) is 36.0 Å². The number of aromatic nitrogens is 3. The van der Waals surface area contributed by atoms with Gasteiger partial charge in [0.2, 0.25) is 0 Å². The molecule has 8 nitrogen and oxygen atoms in total. The summed E-state index contributed by atoms with van der Waals surface area (Å²) in [6, 6.07) is 6.44. The molecule has 0 atom stereocenters. The number of hydrogen-bond donors (Lipinski definition) is 1. The van der Waals surface area contributed by atoms with Gasteiger partial charge in [0.1, 0.15) is 11.3 Å². The highest BCUT2D eigenvalue weighted by Crippen LogP contribution is 2.31. The topological polar surface area (TPSA) is 87.4 Å². The summed E-state index contributed by atoms with van der Waals surface area (Å²) in [5.41, 5.74) is 5.50. The lowest BCUT2D eigenvalue weighted by atomic mass is 10.0. The average Bonchev–Trinajstić information content (AvgIpc) is 3.09. The van der Waals surface area contributed by atoms with Crippen molar-refractivity contribution < 1.29 is 14.4 Å². The number of ether oxygens (including phenoxy) is 1. The van der Waals surface area contributed by atoms with Gasteiger partial charge in [-0.2, -0.15) is 5.10 Å². The molecule has 0 aliphatic rings. The van der Waals surface area contributed by atoms with Crippen molar-refractivity contribution >= 4 is 34.9 Å². The lowest BCUT2D eigenvalue weighted by Crippen LogP contribution is -2.26. The van der Waals surface area contributed by atoms with Crippen LogP contribution in [0.25, 0.3) is 11.3 Å². The Morgan fingerprint density at radius 1 is 1.19 bits per heavy atom. The molecule has 1 N–H and O–H groups in total. The van der Waals surface area contributed by atoms with Gasteiger partial charge in [0.25, 0.3) is 0 Å². The Bertz CT molecular complexity index is 1200. The Balaban J connectivity index is 2.24. The summed E-state index contributed by atoms with van der Waals surface area (Å²) >= 11 is 12.3. The van der Waals surface area contributed by atoms with E-state index in [1.807, 2.05) is 18.4 Å². The van der Waals surface area contributed by atoms with E-state index in [1.165, 1.54) is 13.2 Å². The molecule has 3 aromatic rings. The Kier molecular flexibility index (Phi) is 7.60. The van der Waals surface area contributed by atoms with Crippen molar-refractivity contribution in [3.8, 4) is 11.3 Å². The normalized spacial score (nSPS) is 10.9. The molecule has 0 aliphatic carbocycles.